The lowest BCUT2D eigenvalue weighted by molar-refractivity contribution is 0.0941. The zero-order valence-corrected chi connectivity index (χ0v) is 16.3. The van der Waals surface area contributed by atoms with Crippen molar-refractivity contribution in [3.05, 3.63) is 65.2 Å². The summed E-state index contributed by atoms with van der Waals surface area (Å²) in [6.07, 6.45) is 1.36. The monoisotopic (exact) mass is 408 g/mol. The van der Waals surface area contributed by atoms with E-state index in [1.807, 2.05) is 19.1 Å². The lowest BCUT2D eigenvalue weighted by atomic mass is 9.99. The largest absolute Gasteiger partial charge is 0.352 e. The second-order valence-electron chi connectivity index (χ2n) is 7.02. The number of sulfonamides is 1. The van der Waals surface area contributed by atoms with E-state index in [9.17, 15) is 22.0 Å². The van der Waals surface area contributed by atoms with Crippen LogP contribution in [0, 0.1) is 24.5 Å². The van der Waals surface area contributed by atoms with Gasteiger partial charge in [0.15, 0.2) is 0 Å². The SMILES string of the molecule is Cc1ccc(C(=O)NCC2CCCN(S(=O)(=O)c3ccc(F)cc3F)C2)cc1. The van der Waals surface area contributed by atoms with Crippen LogP contribution in [0.4, 0.5) is 8.78 Å². The summed E-state index contributed by atoms with van der Waals surface area (Å²) < 4.78 is 53.7. The quantitative estimate of drug-likeness (QED) is 0.827. The van der Waals surface area contributed by atoms with Gasteiger partial charge in [0.05, 0.1) is 0 Å². The van der Waals surface area contributed by atoms with Gasteiger partial charge in [0.1, 0.15) is 16.5 Å². The Morgan fingerprint density at radius 2 is 1.89 bits per heavy atom. The molecule has 1 unspecified atom stereocenters. The van der Waals surface area contributed by atoms with Crippen molar-refractivity contribution in [3.63, 3.8) is 0 Å². The predicted molar refractivity (Wildman–Crippen MR) is 101 cm³/mol. The fraction of sp³-hybridized carbons (Fsp3) is 0.350. The van der Waals surface area contributed by atoms with Crippen LogP contribution in [0.5, 0.6) is 0 Å². The predicted octanol–water partition coefficient (Wildman–Crippen LogP) is 3.10. The van der Waals surface area contributed by atoms with Crippen molar-refractivity contribution in [2.75, 3.05) is 19.6 Å². The van der Waals surface area contributed by atoms with Crippen molar-refractivity contribution in [1.82, 2.24) is 9.62 Å². The fourth-order valence-electron chi connectivity index (χ4n) is 3.28. The Morgan fingerprint density at radius 3 is 2.57 bits per heavy atom. The molecule has 2 aromatic carbocycles. The number of nitrogens with one attached hydrogen (secondary N) is 1. The van der Waals surface area contributed by atoms with E-state index in [-0.39, 0.29) is 24.9 Å². The van der Waals surface area contributed by atoms with Crippen molar-refractivity contribution in [2.45, 2.75) is 24.7 Å². The highest BCUT2D eigenvalue weighted by atomic mass is 32.2. The second-order valence-corrected chi connectivity index (χ2v) is 8.93. The smallest absolute Gasteiger partial charge is 0.251 e. The number of rotatable bonds is 5. The van der Waals surface area contributed by atoms with Gasteiger partial charge in [0.25, 0.3) is 5.91 Å². The maximum Gasteiger partial charge on any atom is 0.251 e. The number of amides is 1. The standard InChI is InChI=1S/C20H22F2N2O3S/c1-14-4-6-16(7-5-14)20(25)23-12-15-3-2-10-24(13-15)28(26,27)19-9-8-17(21)11-18(19)22/h4-9,11,15H,2-3,10,12-13H2,1H3,(H,23,25). The molecule has 8 heteroatoms. The van der Waals surface area contributed by atoms with Crippen LogP contribution in [0.1, 0.15) is 28.8 Å². The second kappa shape index (κ2) is 8.36. The summed E-state index contributed by atoms with van der Waals surface area (Å²) >= 11 is 0. The molecule has 1 fully saturated rings. The van der Waals surface area contributed by atoms with Gasteiger partial charge >= 0.3 is 0 Å². The molecule has 1 amide bonds. The van der Waals surface area contributed by atoms with Gasteiger partial charge in [-0.25, -0.2) is 17.2 Å². The van der Waals surface area contributed by atoms with Crippen molar-refractivity contribution in [3.8, 4) is 0 Å². The molecule has 0 saturated carbocycles. The maximum absolute atomic E-state index is 14.0. The highest BCUT2D eigenvalue weighted by Gasteiger charge is 2.32. The molecule has 1 aliphatic heterocycles. The molecule has 0 radical (unpaired) electrons. The first-order valence-corrected chi connectivity index (χ1v) is 10.5. The van der Waals surface area contributed by atoms with Crippen LogP contribution < -0.4 is 5.32 Å². The Bertz CT molecular complexity index is 962. The van der Waals surface area contributed by atoms with E-state index >= 15 is 0 Å². The van der Waals surface area contributed by atoms with Crippen molar-refractivity contribution < 1.29 is 22.0 Å². The molecule has 0 spiro atoms. The normalized spacial score (nSPS) is 18.0. The van der Waals surface area contributed by atoms with E-state index < -0.39 is 26.6 Å². The molecule has 1 aliphatic rings. The van der Waals surface area contributed by atoms with E-state index in [0.29, 0.717) is 24.6 Å². The molecule has 5 nitrogen and oxygen atoms in total. The number of halogens is 2. The minimum Gasteiger partial charge on any atom is -0.352 e. The minimum absolute atomic E-state index is 0.0820. The summed E-state index contributed by atoms with van der Waals surface area (Å²) in [5.74, 6) is -2.23. The molecule has 1 atom stereocenters. The van der Waals surface area contributed by atoms with Gasteiger partial charge < -0.3 is 5.32 Å². The van der Waals surface area contributed by atoms with E-state index in [2.05, 4.69) is 5.32 Å². The number of hydrogen-bond donors (Lipinski definition) is 1. The summed E-state index contributed by atoms with van der Waals surface area (Å²) in [7, 11) is -4.06. The number of piperidine rings is 1. The summed E-state index contributed by atoms with van der Waals surface area (Å²) in [4.78, 5) is 11.7. The van der Waals surface area contributed by atoms with E-state index in [1.165, 1.54) is 4.31 Å². The van der Waals surface area contributed by atoms with E-state index in [4.69, 9.17) is 0 Å². The molecule has 1 heterocycles. The Morgan fingerprint density at radius 1 is 1.18 bits per heavy atom. The van der Waals surface area contributed by atoms with Crippen LogP contribution in [0.2, 0.25) is 0 Å². The molecule has 2 aromatic rings. The van der Waals surface area contributed by atoms with E-state index in [1.54, 1.807) is 12.1 Å². The summed E-state index contributed by atoms with van der Waals surface area (Å²) in [5.41, 5.74) is 1.59. The van der Waals surface area contributed by atoms with Crippen LogP contribution >= 0.6 is 0 Å². The zero-order chi connectivity index (χ0) is 20.3. The average molecular weight is 408 g/mol. The minimum atomic E-state index is -4.06. The van der Waals surface area contributed by atoms with Crippen LogP contribution in [-0.4, -0.2) is 38.3 Å². The van der Waals surface area contributed by atoms with Gasteiger partial charge in [-0.3, -0.25) is 4.79 Å². The van der Waals surface area contributed by atoms with Gasteiger partial charge in [-0.05, 0) is 49.9 Å². The lowest BCUT2D eigenvalue weighted by Crippen LogP contribution is -2.43. The maximum atomic E-state index is 14.0. The topological polar surface area (TPSA) is 66.5 Å². The third-order valence-corrected chi connectivity index (χ3v) is 6.76. The number of carbonyl (C=O) groups excluding carboxylic acids is 1. The van der Waals surface area contributed by atoms with Crippen LogP contribution in [-0.2, 0) is 10.0 Å². The highest BCUT2D eigenvalue weighted by Crippen LogP contribution is 2.25. The molecule has 0 bridgehead atoms. The van der Waals surface area contributed by atoms with Crippen LogP contribution in [0.3, 0.4) is 0 Å². The Kier molecular flexibility index (Phi) is 6.10. The molecule has 150 valence electrons. The first kappa shape index (κ1) is 20.4. The van der Waals surface area contributed by atoms with Crippen molar-refractivity contribution >= 4 is 15.9 Å². The summed E-state index contributed by atoms with van der Waals surface area (Å²) in [6, 6.07) is 9.61. The van der Waals surface area contributed by atoms with Crippen LogP contribution in [0.15, 0.2) is 47.4 Å². The number of nitrogens with zero attached hydrogens (tertiary/aromatic N) is 1. The Labute approximate surface area is 163 Å². The first-order chi connectivity index (χ1) is 13.3. The average Bonchev–Trinajstić information content (AvgIpc) is 2.66. The molecule has 0 aromatic heterocycles. The Hall–Kier alpha value is -2.32. The number of hydrogen-bond acceptors (Lipinski definition) is 3. The van der Waals surface area contributed by atoms with Gasteiger partial charge in [0.2, 0.25) is 10.0 Å². The lowest BCUT2D eigenvalue weighted by Gasteiger charge is -2.32. The Balaban J connectivity index is 1.65. The molecule has 28 heavy (non-hydrogen) atoms. The van der Waals surface area contributed by atoms with Crippen molar-refractivity contribution in [1.29, 1.82) is 0 Å². The number of carbonyl (C=O) groups is 1. The number of benzene rings is 2. The van der Waals surface area contributed by atoms with Gasteiger partial charge in [-0.15, -0.1) is 0 Å². The molecular weight excluding hydrogens is 386 g/mol. The summed E-state index contributed by atoms with van der Waals surface area (Å²) in [5, 5.41) is 2.83. The highest BCUT2D eigenvalue weighted by molar-refractivity contribution is 7.89. The molecule has 1 saturated heterocycles. The number of aryl methyl sites for hydroxylation is 1. The molecule has 3 rings (SSSR count). The molecule has 0 aliphatic carbocycles. The summed E-state index contributed by atoms with van der Waals surface area (Å²) in [6.45, 7) is 2.70. The van der Waals surface area contributed by atoms with Crippen molar-refractivity contribution in [2.24, 2.45) is 5.92 Å². The first-order valence-electron chi connectivity index (χ1n) is 9.07. The van der Waals surface area contributed by atoms with Gasteiger partial charge in [0, 0.05) is 31.3 Å². The third-order valence-electron chi connectivity index (χ3n) is 4.86. The molecule has 1 N–H and O–H groups in total. The molecular formula is C20H22F2N2O3S. The zero-order valence-electron chi connectivity index (χ0n) is 15.5. The van der Waals surface area contributed by atoms with E-state index in [0.717, 1.165) is 24.1 Å². The van der Waals surface area contributed by atoms with Gasteiger partial charge in [-0.1, -0.05) is 17.7 Å². The third kappa shape index (κ3) is 4.56. The van der Waals surface area contributed by atoms with Gasteiger partial charge in [-0.2, -0.15) is 4.31 Å². The fourth-order valence-corrected chi connectivity index (χ4v) is 4.88. The van der Waals surface area contributed by atoms with Crippen LogP contribution in [0.25, 0.3) is 0 Å².